The minimum atomic E-state index is -0.695. The van der Waals surface area contributed by atoms with Crippen LogP contribution in [0.25, 0.3) is 0 Å². The van der Waals surface area contributed by atoms with Crippen LogP contribution in [0.15, 0.2) is 0 Å². The summed E-state index contributed by atoms with van der Waals surface area (Å²) in [5.74, 6) is -0.695. The SMILES string of the molecule is CCCCCC[C@H](Cl)[C@H](Cl)CCCCCCCC(=O)O. The van der Waals surface area contributed by atoms with Crippen LogP contribution in [-0.2, 0) is 4.79 Å². The highest BCUT2D eigenvalue weighted by Gasteiger charge is 2.15. The molecule has 0 aromatic carbocycles. The van der Waals surface area contributed by atoms with Gasteiger partial charge in [-0.05, 0) is 19.3 Å². The number of rotatable bonds is 14. The molecule has 0 rings (SSSR count). The number of hydrogen-bond acceptors (Lipinski definition) is 1. The van der Waals surface area contributed by atoms with Crippen molar-refractivity contribution in [2.75, 3.05) is 0 Å². The molecule has 2 nitrogen and oxygen atoms in total. The molecule has 0 saturated heterocycles. The molecule has 0 spiro atoms. The molecule has 0 aromatic heterocycles. The highest BCUT2D eigenvalue weighted by Crippen LogP contribution is 2.22. The Hall–Kier alpha value is 0.0500. The summed E-state index contributed by atoms with van der Waals surface area (Å²) < 4.78 is 0. The van der Waals surface area contributed by atoms with Gasteiger partial charge in [-0.2, -0.15) is 0 Å². The number of unbranched alkanes of at least 4 members (excludes halogenated alkanes) is 7. The number of hydrogen-bond donors (Lipinski definition) is 1. The molecule has 4 heteroatoms. The Labute approximate surface area is 134 Å². The first-order valence-corrected chi connectivity index (χ1v) is 8.95. The second-order valence-electron chi connectivity index (χ2n) is 5.58. The predicted molar refractivity (Wildman–Crippen MR) is 88.0 cm³/mol. The van der Waals surface area contributed by atoms with Gasteiger partial charge in [0.25, 0.3) is 0 Å². The van der Waals surface area contributed by atoms with Crippen molar-refractivity contribution in [2.45, 2.75) is 94.7 Å². The summed E-state index contributed by atoms with van der Waals surface area (Å²) in [6, 6.07) is 0. The van der Waals surface area contributed by atoms with E-state index in [0.717, 1.165) is 44.9 Å². The smallest absolute Gasteiger partial charge is 0.303 e. The second-order valence-corrected chi connectivity index (χ2v) is 6.70. The van der Waals surface area contributed by atoms with Crippen LogP contribution in [-0.4, -0.2) is 21.8 Å². The Morgan fingerprint density at radius 3 is 1.80 bits per heavy atom. The van der Waals surface area contributed by atoms with Crippen molar-refractivity contribution in [3.05, 3.63) is 0 Å². The zero-order chi connectivity index (χ0) is 15.2. The zero-order valence-electron chi connectivity index (χ0n) is 12.8. The Bertz CT molecular complexity index is 235. The van der Waals surface area contributed by atoms with Gasteiger partial charge in [0.05, 0.1) is 0 Å². The molecule has 1 N–H and O–H groups in total. The second kappa shape index (κ2) is 14.0. The first-order chi connectivity index (χ1) is 9.57. The summed E-state index contributed by atoms with van der Waals surface area (Å²) in [5.41, 5.74) is 0. The van der Waals surface area contributed by atoms with Crippen LogP contribution in [0.4, 0.5) is 0 Å². The zero-order valence-corrected chi connectivity index (χ0v) is 14.3. The van der Waals surface area contributed by atoms with Crippen molar-refractivity contribution in [2.24, 2.45) is 0 Å². The monoisotopic (exact) mass is 324 g/mol. The fourth-order valence-electron chi connectivity index (χ4n) is 2.27. The molecule has 0 aliphatic heterocycles. The molecule has 0 aliphatic carbocycles. The van der Waals surface area contributed by atoms with Crippen molar-refractivity contribution in [1.29, 1.82) is 0 Å². The van der Waals surface area contributed by atoms with Crippen LogP contribution in [0.2, 0.25) is 0 Å². The molecular weight excluding hydrogens is 295 g/mol. The summed E-state index contributed by atoms with van der Waals surface area (Å²) in [6.45, 7) is 2.21. The third-order valence-electron chi connectivity index (χ3n) is 3.60. The third-order valence-corrected chi connectivity index (χ3v) is 4.77. The molecule has 0 amide bonds. The Morgan fingerprint density at radius 2 is 1.30 bits per heavy atom. The Morgan fingerprint density at radius 1 is 0.850 bits per heavy atom. The van der Waals surface area contributed by atoms with Gasteiger partial charge in [-0.3, -0.25) is 4.79 Å². The first kappa shape index (κ1) is 20.1. The fourth-order valence-corrected chi connectivity index (χ4v) is 2.83. The van der Waals surface area contributed by atoms with Crippen molar-refractivity contribution < 1.29 is 9.90 Å². The number of carboxylic acid groups (broad SMARTS) is 1. The molecule has 0 heterocycles. The summed E-state index contributed by atoms with van der Waals surface area (Å²) >= 11 is 12.6. The van der Waals surface area contributed by atoms with Crippen LogP contribution in [0.5, 0.6) is 0 Å². The predicted octanol–water partition coefficient (Wildman–Crippen LogP) is 5.99. The minimum absolute atomic E-state index is 0.0808. The van der Waals surface area contributed by atoms with Crippen molar-refractivity contribution in [1.82, 2.24) is 0 Å². The lowest BCUT2D eigenvalue weighted by molar-refractivity contribution is -0.137. The highest BCUT2D eigenvalue weighted by atomic mass is 35.5. The molecule has 0 unspecified atom stereocenters. The summed E-state index contributed by atoms with van der Waals surface area (Å²) in [7, 11) is 0. The van der Waals surface area contributed by atoms with E-state index in [1.165, 1.54) is 25.7 Å². The lowest BCUT2D eigenvalue weighted by Gasteiger charge is -2.15. The molecule has 120 valence electrons. The Kier molecular flexibility index (Phi) is 14.0. The van der Waals surface area contributed by atoms with Gasteiger partial charge in [0.1, 0.15) is 0 Å². The van der Waals surface area contributed by atoms with Gasteiger partial charge >= 0.3 is 5.97 Å². The molecule has 0 aromatic rings. The van der Waals surface area contributed by atoms with Gasteiger partial charge in [-0.25, -0.2) is 0 Å². The Balaban J connectivity index is 3.38. The summed E-state index contributed by atoms with van der Waals surface area (Å²) in [5, 5.41) is 8.70. The van der Waals surface area contributed by atoms with Gasteiger partial charge < -0.3 is 5.11 Å². The van der Waals surface area contributed by atoms with Crippen molar-refractivity contribution in [3.8, 4) is 0 Å². The summed E-state index contributed by atoms with van der Waals surface area (Å²) in [4.78, 5) is 10.3. The van der Waals surface area contributed by atoms with Gasteiger partial charge in [0.15, 0.2) is 0 Å². The molecule has 0 fully saturated rings. The molecule has 20 heavy (non-hydrogen) atoms. The van der Waals surface area contributed by atoms with Crippen LogP contribution in [0, 0.1) is 0 Å². The third kappa shape index (κ3) is 13.1. The van der Waals surface area contributed by atoms with E-state index in [-0.39, 0.29) is 10.8 Å². The van der Waals surface area contributed by atoms with E-state index >= 15 is 0 Å². The topological polar surface area (TPSA) is 37.3 Å². The molecule has 0 bridgehead atoms. The van der Waals surface area contributed by atoms with Crippen LogP contribution in [0.1, 0.15) is 84.0 Å². The molecule has 0 saturated carbocycles. The average Bonchev–Trinajstić information content (AvgIpc) is 2.41. The number of aliphatic carboxylic acids is 1. The fraction of sp³-hybridized carbons (Fsp3) is 0.938. The molecular formula is C16H30Cl2O2. The highest BCUT2D eigenvalue weighted by molar-refractivity contribution is 6.29. The quantitative estimate of drug-likeness (QED) is 0.315. The lowest BCUT2D eigenvalue weighted by atomic mass is 10.0. The van der Waals surface area contributed by atoms with E-state index in [2.05, 4.69) is 6.92 Å². The molecule has 0 aliphatic rings. The van der Waals surface area contributed by atoms with Crippen LogP contribution in [0.3, 0.4) is 0 Å². The van der Waals surface area contributed by atoms with Gasteiger partial charge in [-0.1, -0.05) is 58.3 Å². The standard InChI is InChI=1S/C16H30Cl2O2/c1-2-3-4-8-11-14(17)15(18)12-9-6-5-7-10-13-16(19)20/h14-15H,2-13H2,1H3,(H,19,20)/t14-,15+/m0/s1. The van der Waals surface area contributed by atoms with Gasteiger partial charge in [0, 0.05) is 17.2 Å². The number of carbonyl (C=O) groups is 1. The van der Waals surface area contributed by atoms with Crippen LogP contribution < -0.4 is 0 Å². The molecule has 0 radical (unpaired) electrons. The van der Waals surface area contributed by atoms with Crippen molar-refractivity contribution in [3.63, 3.8) is 0 Å². The van der Waals surface area contributed by atoms with E-state index in [4.69, 9.17) is 28.3 Å². The van der Waals surface area contributed by atoms with E-state index in [1.54, 1.807) is 0 Å². The van der Waals surface area contributed by atoms with Crippen molar-refractivity contribution >= 4 is 29.2 Å². The lowest BCUT2D eigenvalue weighted by Crippen LogP contribution is -2.14. The van der Waals surface area contributed by atoms with E-state index in [9.17, 15) is 4.79 Å². The average molecular weight is 325 g/mol. The maximum absolute atomic E-state index is 10.3. The van der Waals surface area contributed by atoms with E-state index in [0.29, 0.717) is 6.42 Å². The van der Waals surface area contributed by atoms with Crippen LogP contribution >= 0.6 is 23.2 Å². The van der Waals surface area contributed by atoms with E-state index < -0.39 is 5.97 Å². The maximum Gasteiger partial charge on any atom is 0.303 e. The first-order valence-electron chi connectivity index (χ1n) is 8.07. The largest absolute Gasteiger partial charge is 0.481 e. The number of carboxylic acids is 1. The molecule has 2 atom stereocenters. The minimum Gasteiger partial charge on any atom is -0.481 e. The van der Waals surface area contributed by atoms with Gasteiger partial charge in [-0.15, -0.1) is 23.2 Å². The number of alkyl halides is 2. The maximum atomic E-state index is 10.3. The number of halogens is 2. The summed E-state index contributed by atoms with van der Waals surface area (Å²) in [6.07, 6.45) is 12.4. The van der Waals surface area contributed by atoms with Gasteiger partial charge in [0.2, 0.25) is 0 Å². The normalized spacial score (nSPS) is 14.2. The van der Waals surface area contributed by atoms with E-state index in [1.807, 2.05) is 0 Å².